The fraction of sp³-hybridized carbons (Fsp3) is 0.143. The first-order valence-electron chi connectivity index (χ1n) is 5.82. The van der Waals surface area contributed by atoms with Crippen molar-refractivity contribution in [3.8, 4) is 0 Å². The highest BCUT2D eigenvalue weighted by atomic mass is 19.2. The summed E-state index contributed by atoms with van der Waals surface area (Å²) in [4.78, 5) is 0. The third-order valence-electron chi connectivity index (χ3n) is 3.00. The van der Waals surface area contributed by atoms with Gasteiger partial charge in [0.25, 0.3) is 0 Å². The highest BCUT2D eigenvalue weighted by molar-refractivity contribution is 5.35. The summed E-state index contributed by atoms with van der Waals surface area (Å²) in [6.45, 7) is 0. The van der Waals surface area contributed by atoms with E-state index in [1.165, 1.54) is 19.2 Å². The summed E-state index contributed by atoms with van der Waals surface area (Å²) in [6, 6.07) is 3.22. The summed E-state index contributed by atoms with van der Waals surface area (Å²) < 4.78 is 80.2. The van der Waals surface area contributed by atoms with Gasteiger partial charge in [-0.3, -0.25) is 0 Å². The molecule has 0 radical (unpaired) electrons. The van der Waals surface area contributed by atoms with Gasteiger partial charge in [0.1, 0.15) is 5.82 Å². The second kappa shape index (κ2) is 5.77. The Morgan fingerprint density at radius 3 is 1.81 bits per heavy atom. The summed E-state index contributed by atoms with van der Waals surface area (Å²) in [6.07, 6.45) is 0. The fourth-order valence-corrected chi connectivity index (χ4v) is 2.04. The van der Waals surface area contributed by atoms with Crippen molar-refractivity contribution < 1.29 is 26.3 Å². The number of benzene rings is 2. The molecule has 0 bridgehead atoms. The third-order valence-corrected chi connectivity index (χ3v) is 3.00. The molecule has 7 heteroatoms. The van der Waals surface area contributed by atoms with Crippen LogP contribution in [0.5, 0.6) is 0 Å². The van der Waals surface area contributed by atoms with Gasteiger partial charge in [-0.2, -0.15) is 0 Å². The quantitative estimate of drug-likeness (QED) is 0.516. The van der Waals surface area contributed by atoms with Gasteiger partial charge in [-0.25, -0.2) is 26.3 Å². The molecule has 1 atom stereocenters. The lowest BCUT2D eigenvalue weighted by Crippen LogP contribution is -2.22. The minimum absolute atomic E-state index is 0.0284. The molecule has 2 aromatic rings. The SMILES string of the molecule is CNC(c1cccc(F)c1)c1c(F)c(F)c(F)c(F)c1F. The van der Waals surface area contributed by atoms with Crippen LogP contribution >= 0.6 is 0 Å². The van der Waals surface area contributed by atoms with Crippen LogP contribution in [-0.2, 0) is 0 Å². The van der Waals surface area contributed by atoms with Gasteiger partial charge in [0.15, 0.2) is 23.3 Å². The predicted octanol–water partition coefficient (Wildman–Crippen LogP) is 3.83. The van der Waals surface area contributed by atoms with Crippen LogP contribution in [-0.4, -0.2) is 7.05 Å². The molecule has 1 N–H and O–H groups in total. The van der Waals surface area contributed by atoms with Crippen LogP contribution in [0, 0.1) is 34.9 Å². The molecule has 21 heavy (non-hydrogen) atoms. The van der Waals surface area contributed by atoms with Gasteiger partial charge in [0, 0.05) is 0 Å². The number of hydrogen-bond acceptors (Lipinski definition) is 1. The van der Waals surface area contributed by atoms with Gasteiger partial charge in [-0.05, 0) is 24.7 Å². The van der Waals surface area contributed by atoms with Crippen LogP contribution in [0.15, 0.2) is 24.3 Å². The summed E-state index contributed by atoms with van der Waals surface area (Å²) in [7, 11) is 1.26. The van der Waals surface area contributed by atoms with Crippen molar-refractivity contribution in [2.24, 2.45) is 0 Å². The maximum absolute atomic E-state index is 13.8. The van der Waals surface area contributed by atoms with Crippen molar-refractivity contribution in [2.75, 3.05) is 7.05 Å². The van der Waals surface area contributed by atoms with Gasteiger partial charge in [-0.1, -0.05) is 12.1 Å². The molecule has 0 saturated heterocycles. The largest absolute Gasteiger partial charge is 0.309 e. The fourth-order valence-electron chi connectivity index (χ4n) is 2.04. The summed E-state index contributed by atoms with van der Waals surface area (Å²) >= 11 is 0. The molecule has 2 rings (SSSR count). The first-order chi connectivity index (χ1) is 9.88. The maximum atomic E-state index is 13.8. The summed E-state index contributed by atoms with van der Waals surface area (Å²) in [5.74, 6) is -10.9. The lowest BCUT2D eigenvalue weighted by Gasteiger charge is -2.19. The third kappa shape index (κ3) is 2.61. The second-order valence-corrected chi connectivity index (χ2v) is 4.26. The van der Waals surface area contributed by atoms with E-state index >= 15 is 0 Å². The standard InChI is InChI=1S/C14H9F6N/c1-21-14(6-3-2-4-7(15)5-6)8-9(16)11(18)13(20)12(19)10(8)17/h2-5,14,21H,1H3. The zero-order valence-corrected chi connectivity index (χ0v) is 10.7. The van der Waals surface area contributed by atoms with Crippen molar-refractivity contribution >= 4 is 0 Å². The molecule has 1 unspecified atom stereocenters. The van der Waals surface area contributed by atoms with Crippen LogP contribution < -0.4 is 5.32 Å². The molecule has 112 valence electrons. The van der Waals surface area contributed by atoms with E-state index in [1.54, 1.807) is 0 Å². The Bertz CT molecular complexity index is 656. The van der Waals surface area contributed by atoms with Crippen LogP contribution in [0.3, 0.4) is 0 Å². The maximum Gasteiger partial charge on any atom is 0.200 e. The molecule has 0 aliphatic carbocycles. The van der Waals surface area contributed by atoms with Crippen LogP contribution in [0.4, 0.5) is 26.3 Å². The Morgan fingerprint density at radius 1 is 0.810 bits per heavy atom. The number of rotatable bonds is 3. The van der Waals surface area contributed by atoms with Crippen LogP contribution in [0.2, 0.25) is 0 Å². The molecule has 0 spiro atoms. The Hall–Kier alpha value is -2.02. The van der Waals surface area contributed by atoms with Crippen LogP contribution in [0.25, 0.3) is 0 Å². The molecule has 1 nitrogen and oxygen atoms in total. The number of hydrogen-bond donors (Lipinski definition) is 1. The Morgan fingerprint density at radius 2 is 1.33 bits per heavy atom. The normalized spacial score (nSPS) is 12.5. The van der Waals surface area contributed by atoms with E-state index < -0.39 is 46.5 Å². The first-order valence-corrected chi connectivity index (χ1v) is 5.82. The topological polar surface area (TPSA) is 12.0 Å². The van der Waals surface area contributed by atoms with E-state index in [1.807, 2.05) is 0 Å². The van der Waals surface area contributed by atoms with E-state index in [2.05, 4.69) is 5.32 Å². The molecular formula is C14H9F6N. The van der Waals surface area contributed by atoms with Gasteiger partial charge in [0.2, 0.25) is 5.82 Å². The van der Waals surface area contributed by atoms with Crippen LogP contribution in [0.1, 0.15) is 17.2 Å². The van der Waals surface area contributed by atoms with Gasteiger partial charge in [0.05, 0.1) is 11.6 Å². The van der Waals surface area contributed by atoms with Crippen molar-refractivity contribution in [1.29, 1.82) is 0 Å². The molecule has 0 aliphatic rings. The minimum atomic E-state index is -2.23. The van der Waals surface area contributed by atoms with Gasteiger partial charge >= 0.3 is 0 Å². The molecule has 0 amide bonds. The van der Waals surface area contributed by atoms with E-state index in [0.29, 0.717) is 0 Å². The molecular weight excluding hydrogens is 296 g/mol. The smallest absolute Gasteiger partial charge is 0.200 e. The molecule has 0 saturated carbocycles. The van der Waals surface area contributed by atoms with E-state index in [4.69, 9.17) is 0 Å². The van der Waals surface area contributed by atoms with E-state index in [-0.39, 0.29) is 5.56 Å². The van der Waals surface area contributed by atoms with Gasteiger partial charge in [-0.15, -0.1) is 0 Å². The first kappa shape index (κ1) is 15.4. The molecule has 0 heterocycles. The second-order valence-electron chi connectivity index (χ2n) is 4.26. The lowest BCUT2D eigenvalue weighted by molar-refractivity contribution is 0.363. The Labute approximate surface area is 116 Å². The Kier molecular flexibility index (Phi) is 4.22. The monoisotopic (exact) mass is 305 g/mol. The lowest BCUT2D eigenvalue weighted by atomic mass is 9.97. The number of halogens is 6. The summed E-state index contributed by atoms with van der Waals surface area (Å²) in [5.41, 5.74) is -1.03. The molecule has 2 aromatic carbocycles. The summed E-state index contributed by atoms with van der Waals surface area (Å²) in [5, 5.41) is 2.41. The zero-order chi connectivity index (χ0) is 15.7. The molecule has 0 aliphatic heterocycles. The highest BCUT2D eigenvalue weighted by Gasteiger charge is 2.30. The Balaban J connectivity index is 2.69. The van der Waals surface area contributed by atoms with Gasteiger partial charge < -0.3 is 5.32 Å². The molecule has 0 aromatic heterocycles. The highest BCUT2D eigenvalue weighted by Crippen LogP contribution is 2.31. The zero-order valence-electron chi connectivity index (χ0n) is 10.7. The van der Waals surface area contributed by atoms with Crippen molar-refractivity contribution in [2.45, 2.75) is 6.04 Å². The van der Waals surface area contributed by atoms with Crippen molar-refractivity contribution in [3.63, 3.8) is 0 Å². The average molecular weight is 305 g/mol. The van der Waals surface area contributed by atoms with E-state index in [0.717, 1.165) is 12.1 Å². The number of nitrogens with one attached hydrogen (secondary N) is 1. The minimum Gasteiger partial charge on any atom is -0.309 e. The average Bonchev–Trinajstić information content (AvgIpc) is 2.47. The predicted molar refractivity (Wildman–Crippen MR) is 63.5 cm³/mol. The van der Waals surface area contributed by atoms with Crippen molar-refractivity contribution in [1.82, 2.24) is 5.32 Å². The van der Waals surface area contributed by atoms with Crippen molar-refractivity contribution in [3.05, 3.63) is 70.3 Å². The molecule has 0 fully saturated rings. The van der Waals surface area contributed by atoms with E-state index in [9.17, 15) is 26.3 Å².